The maximum Gasteiger partial charge on any atom is 0.0728 e. The van der Waals surface area contributed by atoms with Crippen molar-refractivity contribution in [3.8, 4) is 0 Å². The molecule has 0 spiro atoms. The standard InChI is InChI=1S/C18H35NO/c1-2-14-19-17-12-8-3-4-9-13-18(17)20-15-16-10-6-5-7-11-16/h16-19H,2-15H2,1H3. The predicted octanol–water partition coefficient (Wildman–Crippen LogP) is 4.67. The second kappa shape index (κ2) is 9.78. The summed E-state index contributed by atoms with van der Waals surface area (Å²) in [4.78, 5) is 0. The van der Waals surface area contributed by atoms with Crippen LogP contribution in [0.1, 0.15) is 84.0 Å². The zero-order chi connectivity index (χ0) is 14.0. The van der Waals surface area contributed by atoms with Crippen molar-refractivity contribution in [1.29, 1.82) is 0 Å². The van der Waals surface area contributed by atoms with Crippen molar-refractivity contribution in [2.24, 2.45) is 5.92 Å². The summed E-state index contributed by atoms with van der Waals surface area (Å²) in [5.41, 5.74) is 0. The van der Waals surface area contributed by atoms with Crippen LogP contribution >= 0.6 is 0 Å². The van der Waals surface area contributed by atoms with Gasteiger partial charge in [0.25, 0.3) is 0 Å². The topological polar surface area (TPSA) is 21.3 Å². The minimum atomic E-state index is 0.476. The predicted molar refractivity (Wildman–Crippen MR) is 86.1 cm³/mol. The quantitative estimate of drug-likeness (QED) is 0.763. The molecular formula is C18H35NO. The van der Waals surface area contributed by atoms with Gasteiger partial charge in [-0.3, -0.25) is 0 Å². The van der Waals surface area contributed by atoms with Crippen molar-refractivity contribution < 1.29 is 4.74 Å². The summed E-state index contributed by atoms with van der Waals surface area (Å²) in [5, 5.41) is 3.75. The fourth-order valence-corrected chi connectivity index (χ4v) is 3.83. The van der Waals surface area contributed by atoms with E-state index in [0.29, 0.717) is 12.1 Å². The molecule has 0 aliphatic heterocycles. The van der Waals surface area contributed by atoms with Crippen LogP contribution in [-0.2, 0) is 4.74 Å². The highest BCUT2D eigenvalue weighted by atomic mass is 16.5. The first-order chi connectivity index (χ1) is 9.90. The smallest absolute Gasteiger partial charge is 0.0728 e. The van der Waals surface area contributed by atoms with Crippen LogP contribution in [0.25, 0.3) is 0 Å². The first-order valence-electron chi connectivity index (χ1n) is 9.25. The molecule has 20 heavy (non-hydrogen) atoms. The lowest BCUT2D eigenvalue weighted by Crippen LogP contribution is -2.43. The largest absolute Gasteiger partial charge is 0.376 e. The fraction of sp³-hybridized carbons (Fsp3) is 1.00. The van der Waals surface area contributed by atoms with Gasteiger partial charge in [-0.2, -0.15) is 0 Å². The van der Waals surface area contributed by atoms with Gasteiger partial charge in [-0.25, -0.2) is 0 Å². The Morgan fingerprint density at radius 2 is 1.50 bits per heavy atom. The monoisotopic (exact) mass is 281 g/mol. The molecule has 2 nitrogen and oxygen atoms in total. The van der Waals surface area contributed by atoms with Gasteiger partial charge >= 0.3 is 0 Å². The van der Waals surface area contributed by atoms with Crippen LogP contribution in [0, 0.1) is 5.92 Å². The highest BCUT2D eigenvalue weighted by Crippen LogP contribution is 2.26. The summed E-state index contributed by atoms with van der Waals surface area (Å²) in [7, 11) is 0. The van der Waals surface area contributed by atoms with Crippen LogP contribution in [0.3, 0.4) is 0 Å². The van der Waals surface area contributed by atoms with E-state index < -0.39 is 0 Å². The van der Waals surface area contributed by atoms with E-state index in [2.05, 4.69) is 12.2 Å². The first kappa shape index (κ1) is 16.3. The Morgan fingerprint density at radius 1 is 0.850 bits per heavy atom. The number of hydrogen-bond donors (Lipinski definition) is 1. The number of ether oxygens (including phenoxy) is 1. The maximum absolute atomic E-state index is 6.41. The Balaban J connectivity index is 1.78. The molecule has 0 amide bonds. The number of hydrogen-bond acceptors (Lipinski definition) is 2. The zero-order valence-corrected chi connectivity index (χ0v) is 13.5. The second-order valence-electron chi connectivity index (χ2n) is 6.93. The molecule has 2 fully saturated rings. The average Bonchev–Trinajstić information content (AvgIpc) is 2.47. The van der Waals surface area contributed by atoms with Crippen molar-refractivity contribution in [3.63, 3.8) is 0 Å². The zero-order valence-electron chi connectivity index (χ0n) is 13.5. The molecule has 0 aromatic rings. The van der Waals surface area contributed by atoms with Crippen molar-refractivity contribution in [2.45, 2.75) is 96.1 Å². The Kier molecular flexibility index (Phi) is 7.97. The van der Waals surface area contributed by atoms with Gasteiger partial charge in [0.15, 0.2) is 0 Å². The molecule has 0 radical (unpaired) electrons. The van der Waals surface area contributed by atoms with Crippen molar-refractivity contribution in [1.82, 2.24) is 5.32 Å². The van der Waals surface area contributed by atoms with Crippen molar-refractivity contribution >= 4 is 0 Å². The van der Waals surface area contributed by atoms with Crippen LogP contribution in [0.5, 0.6) is 0 Å². The van der Waals surface area contributed by atoms with E-state index in [1.807, 2.05) is 0 Å². The van der Waals surface area contributed by atoms with Gasteiger partial charge in [-0.05, 0) is 44.6 Å². The first-order valence-corrected chi connectivity index (χ1v) is 9.25. The van der Waals surface area contributed by atoms with Gasteiger partial charge in [0.1, 0.15) is 0 Å². The summed E-state index contributed by atoms with van der Waals surface area (Å²) in [6, 6.07) is 0.610. The van der Waals surface area contributed by atoms with Crippen LogP contribution in [-0.4, -0.2) is 25.3 Å². The summed E-state index contributed by atoms with van der Waals surface area (Å²) in [6.45, 7) is 4.43. The highest BCUT2D eigenvalue weighted by molar-refractivity contribution is 4.80. The van der Waals surface area contributed by atoms with Crippen LogP contribution in [0.4, 0.5) is 0 Å². The molecule has 2 rings (SSSR count). The van der Waals surface area contributed by atoms with E-state index in [9.17, 15) is 0 Å². The van der Waals surface area contributed by atoms with E-state index >= 15 is 0 Å². The van der Waals surface area contributed by atoms with Crippen LogP contribution in [0.2, 0.25) is 0 Å². The third-order valence-electron chi connectivity index (χ3n) is 5.13. The minimum absolute atomic E-state index is 0.476. The average molecular weight is 281 g/mol. The molecule has 2 aliphatic carbocycles. The molecule has 2 heteroatoms. The maximum atomic E-state index is 6.41. The lowest BCUT2D eigenvalue weighted by atomic mass is 9.89. The Bertz CT molecular complexity index is 236. The molecule has 0 saturated heterocycles. The molecule has 2 saturated carbocycles. The molecule has 2 atom stereocenters. The molecule has 0 heterocycles. The molecule has 0 bridgehead atoms. The number of rotatable bonds is 6. The van der Waals surface area contributed by atoms with E-state index in [1.54, 1.807) is 0 Å². The van der Waals surface area contributed by atoms with Crippen LogP contribution < -0.4 is 5.32 Å². The van der Waals surface area contributed by atoms with Gasteiger partial charge in [-0.1, -0.05) is 51.9 Å². The van der Waals surface area contributed by atoms with E-state index in [1.165, 1.54) is 77.0 Å². The van der Waals surface area contributed by atoms with Gasteiger partial charge < -0.3 is 10.1 Å². The second-order valence-corrected chi connectivity index (χ2v) is 6.93. The molecule has 118 valence electrons. The molecule has 2 unspecified atom stereocenters. The molecule has 1 N–H and O–H groups in total. The number of nitrogens with one attached hydrogen (secondary N) is 1. The van der Waals surface area contributed by atoms with E-state index in [0.717, 1.165) is 19.1 Å². The summed E-state index contributed by atoms with van der Waals surface area (Å²) >= 11 is 0. The third-order valence-corrected chi connectivity index (χ3v) is 5.13. The van der Waals surface area contributed by atoms with Crippen molar-refractivity contribution in [2.75, 3.05) is 13.2 Å². The van der Waals surface area contributed by atoms with Gasteiger partial charge in [0, 0.05) is 12.6 Å². The summed E-state index contributed by atoms with van der Waals surface area (Å²) in [5.74, 6) is 0.848. The van der Waals surface area contributed by atoms with Gasteiger partial charge in [0.05, 0.1) is 6.10 Å². The SMILES string of the molecule is CCCNC1CCCCCCC1OCC1CCCCC1. The lowest BCUT2D eigenvalue weighted by molar-refractivity contribution is -0.0109. The summed E-state index contributed by atoms with van der Waals surface area (Å²) < 4.78 is 6.41. The molecule has 2 aliphatic rings. The van der Waals surface area contributed by atoms with Gasteiger partial charge in [-0.15, -0.1) is 0 Å². The van der Waals surface area contributed by atoms with E-state index in [-0.39, 0.29) is 0 Å². The summed E-state index contributed by atoms with van der Waals surface area (Å²) in [6.07, 6.45) is 17.0. The highest BCUT2D eigenvalue weighted by Gasteiger charge is 2.24. The normalized spacial score (nSPS) is 29.9. The van der Waals surface area contributed by atoms with Gasteiger partial charge in [0.2, 0.25) is 0 Å². The Morgan fingerprint density at radius 3 is 2.25 bits per heavy atom. The molecule has 0 aromatic heterocycles. The fourth-order valence-electron chi connectivity index (χ4n) is 3.83. The molecular weight excluding hydrogens is 246 g/mol. The lowest BCUT2D eigenvalue weighted by Gasteiger charge is -2.32. The van der Waals surface area contributed by atoms with Crippen LogP contribution in [0.15, 0.2) is 0 Å². The van der Waals surface area contributed by atoms with Crippen molar-refractivity contribution in [3.05, 3.63) is 0 Å². The third kappa shape index (κ3) is 5.73. The molecule has 0 aromatic carbocycles. The Hall–Kier alpha value is -0.0800. The minimum Gasteiger partial charge on any atom is -0.376 e. The Labute approximate surface area is 126 Å². The van der Waals surface area contributed by atoms with E-state index in [4.69, 9.17) is 4.74 Å².